The highest BCUT2D eigenvalue weighted by Gasteiger charge is 2.34. The first kappa shape index (κ1) is 21.7. The van der Waals surface area contributed by atoms with Crippen LogP contribution in [0, 0.1) is 17.2 Å². The molecule has 1 aromatic rings. The van der Waals surface area contributed by atoms with E-state index in [1.54, 1.807) is 0 Å². The summed E-state index contributed by atoms with van der Waals surface area (Å²) < 4.78 is 5.53. The first-order valence-electron chi connectivity index (χ1n) is 9.02. The highest BCUT2D eigenvalue weighted by molar-refractivity contribution is 9.25. The Morgan fingerprint density at radius 2 is 1.71 bits per heavy atom. The van der Waals surface area contributed by atoms with Gasteiger partial charge in [-0.15, -0.1) is 0 Å². The predicted molar refractivity (Wildman–Crippen MR) is 108 cm³/mol. The molecule has 2 nitrogen and oxygen atoms in total. The van der Waals surface area contributed by atoms with Crippen molar-refractivity contribution in [2.75, 3.05) is 0 Å². The molecule has 0 radical (unpaired) electrons. The lowest BCUT2D eigenvalue weighted by Crippen LogP contribution is -2.28. The Morgan fingerprint density at radius 3 is 2.38 bits per heavy atom. The summed E-state index contributed by atoms with van der Waals surface area (Å²) in [6.07, 6.45) is 10.2. The summed E-state index contributed by atoms with van der Waals surface area (Å²) >= 11 is 7.43. The van der Waals surface area contributed by atoms with Gasteiger partial charge in [0.15, 0.2) is 3.42 Å². The number of hydrogen-bond acceptors (Lipinski definition) is 2. The van der Waals surface area contributed by atoms with E-state index in [-0.39, 0.29) is 5.92 Å². The van der Waals surface area contributed by atoms with Crippen molar-refractivity contribution < 1.29 is 4.74 Å². The smallest absolute Gasteiger partial charge is 0.180 e. The van der Waals surface area contributed by atoms with Gasteiger partial charge in [0.25, 0.3) is 0 Å². The van der Waals surface area contributed by atoms with Crippen LogP contribution in [0.25, 0.3) is 0 Å². The predicted octanol–water partition coefficient (Wildman–Crippen LogP) is 7.32. The summed E-state index contributed by atoms with van der Waals surface area (Å²) in [6, 6.07) is 12.4. The molecule has 0 bridgehead atoms. The van der Waals surface area contributed by atoms with Crippen LogP contribution in [0.2, 0.25) is 0 Å². The van der Waals surface area contributed by atoms with Gasteiger partial charge < -0.3 is 4.74 Å². The molecule has 0 aliphatic carbocycles. The fourth-order valence-corrected chi connectivity index (χ4v) is 3.91. The van der Waals surface area contributed by atoms with Crippen molar-refractivity contribution in [3.63, 3.8) is 0 Å². The van der Waals surface area contributed by atoms with E-state index in [2.05, 4.69) is 57.0 Å². The summed E-state index contributed by atoms with van der Waals surface area (Å²) in [6.45, 7) is 2.79. The van der Waals surface area contributed by atoms with Gasteiger partial charge in [0.1, 0.15) is 0 Å². The Labute approximate surface area is 164 Å². The fraction of sp³-hybridized carbons (Fsp3) is 0.650. The molecule has 134 valence electrons. The highest BCUT2D eigenvalue weighted by atomic mass is 79.9. The average molecular weight is 459 g/mol. The molecule has 1 unspecified atom stereocenters. The Bertz CT molecular complexity index is 470. The van der Waals surface area contributed by atoms with E-state index in [1.807, 2.05) is 18.2 Å². The molecular formula is C20H29Br2NO. The first-order valence-corrected chi connectivity index (χ1v) is 10.6. The molecular weight excluding hydrogens is 430 g/mol. The normalized spacial score (nSPS) is 12.8. The van der Waals surface area contributed by atoms with Crippen molar-refractivity contribution in [3.05, 3.63) is 35.9 Å². The van der Waals surface area contributed by atoms with Gasteiger partial charge in [-0.05, 0) is 50.3 Å². The third-order valence-electron chi connectivity index (χ3n) is 4.26. The van der Waals surface area contributed by atoms with Crippen LogP contribution in [0.1, 0.15) is 70.3 Å². The Kier molecular flexibility index (Phi) is 11.7. The van der Waals surface area contributed by atoms with Crippen molar-refractivity contribution in [2.24, 2.45) is 5.92 Å². The maximum Gasteiger partial charge on any atom is 0.180 e. The SMILES string of the molecule is CCCCCCCCC(CCC#N)C(Br)(Br)OCc1ccccc1. The monoisotopic (exact) mass is 457 g/mol. The molecule has 0 saturated heterocycles. The van der Waals surface area contributed by atoms with Crippen molar-refractivity contribution in [1.29, 1.82) is 5.26 Å². The molecule has 0 aliphatic rings. The standard InChI is InChI=1S/C20H29Br2NO/c1-2-3-4-5-6-10-14-19(15-11-16-23)20(21,22)24-17-18-12-8-7-9-13-18/h7-9,12-13,19H,2-6,10-11,14-15,17H2,1H3. The van der Waals surface area contributed by atoms with Crippen LogP contribution in [0.3, 0.4) is 0 Å². The van der Waals surface area contributed by atoms with E-state index < -0.39 is 3.42 Å². The van der Waals surface area contributed by atoms with Crippen LogP contribution < -0.4 is 0 Å². The molecule has 0 saturated carbocycles. The van der Waals surface area contributed by atoms with Gasteiger partial charge in [0.05, 0.1) is 12.7 Å². The first-order chi connectivity index (χ1) is 11.6. The van der Waals surface area contributed by atoms with Crippen molar-refractivity contribution in [2.45, 2.75) is 74.7 Å². The summed E-state index contributed by atoms with van der Waals surface area (Å²) in [5.74, 6) is 0.284. The Hall–Kier alpha value is -0.370. The summed E-state index contributed by atoms with van der Waals surface area (Å²) in [5, 5.41) is 8.94. The molecule has 0 spiro atoms. The lowest BCUT2D eigenvalue weighted by Gasteiger charge is -2.30. The number of alkyl halides is 2. The number of nitrogens with zero attached hydrogens (tertiary/aromatic N) is 1. The lowest BCUT2D eigenvalue weighted by molar-refractivity contribution is 0.0403. The summed E-state index contributed by atoms with van der Waals surface area (Å²) in [7, 11) is 0. The van der Waals surface area contributed by atoms with Crippen molar-refractivity contribution in [3.8, 4) is 6.07 Å². The molecule has 1 atom stereocenters. The van der Waals surface area contributed by atoms with E-state index in [0.29, 0.717) is 13.0 Å². The van der Waals surface area contributed by atoms with Gasteiger partial charge in [-0.2, -0.15) is 5.26 Å². The second kappa shape index (κ2) is 12.9. The minimum Gasteiger partial charge on any atom is -0.349 e. The number of unbranched alkanes of at least 4 members (excludes halogenated alkanes) is 5. The van der Waals surface area contributed by atoms with E-state index in [0.717, 1.165) is 18.4 Å². The largest absolute Gasteiger partial charge is 0.349 e. The third kappa shape index (κ3) is 9.20. The molecule has 1 aromatic carbocycles. The number of benzene rings is 1. The topological polar surface area (TPSA) is 33.0 Å². The number of halogens is 2. The third-order valence-corrected chi connectivity index (χ3v) is 6.01. The highest BCUT2D eigenvalue weighted by Crippen LogP contribution is 2.42. The fourth-order valence-electron chi connectivity index (χ4n) is 2.76. The van der Waals surface area contributed by atoms with E-state index in [9.17, 15) is 0 Å². The number of rotatable bonds is 13. The second-order valence-electron chi connectivity index (χ2n) is 6.29. The molecule has 4 heteroatoms. The van der Waals surface area contributed by atoms with Crippen LogP contribution in [0.15, 0.2) is 30.3 Å². The zero-order chi connectivity index (χ0) is 17.7. The van der Waals surface area contributed by atoms with Crippen LogP contribution in [-0.2, 0) is 11.3 Å². The Morgan fingerprint density at radius 1 is 1.04 bits per heavy atom. The van der Waals surface area contributed by atoms with E-state index in [4.69, 9.17) is 10.00 Å². The van der Waals surface area contributed by atoms with Gasteiger partial charge in [-0.1, -0.05) is 75.8 Å². The molecule has 0 fully saturated rings. The molecule has 0 amide bonds. The number of hydrogen-bond donors (Lipinski definition) is 0. The average Bonchev–Trinajstić information content (AvgIpc) is 2.59. The van der Waals surface area contributed by atoms with Crippen molar-refractivity contribution >= 4 is 31.9 Å². The lowest BCUT2D eigenvalue weighted by atomic mass is 9.96. The van der Waals surface area contributed by atoms with Crippen LogP contribution >= 0.6 is 31.9 Å². The molecule has 0 heterocycles. The summed E-state index contributed by atoms with van der Waals surface area (Å²) in [4.78, 5) is 0. The van der Waals surface area contributed by atoms with Gasteiger partial charge >= 0.3 is 0 Å². The number of nitriles is 1. The van der Waals surface area contributed by atoms with E-state index >= 15 is 0 Å². The quantitative estimate of drug-likeness (QED) is 0.229. The Balaban J connectivity index is 2.46. The van der Waals surface area contributed by atoms with Crippen molar-refractivity contribution in [1.82, 2.24) is 0 Å². The van der Waals surface area contributed by atoms with Gasteiger partial charge in [0, 0.05) is 12.3 Å². The second-order valence-corrected chi connectivity index (χ2v) is 9.71. The van der Waals surface area contributed by atoms with Gasteiger partial charge in [-0.25, -0.2) is 0 Å². The maximum absolute atomic E-state index is 8.94. The zero-order valence-electron chi connectivity index (χ0n) is 14.6. The van der Waals surface area contributed by atoms with Crippen LogP contribution in [-0.4, -0.2) is 3.42 Å². The zero-order valence-corrected chi connectivity index (χ0v) is 17.8. The van der Waals surface area contributed by atoms with Gasteiger partial charge in [-0.3, -0.25) is 0 Å². The number of ether oxygens (including phenoxy) is 1. The molecule has 1 rings (SSSR count). The van der Waals surface area contributed by atoms with Gasteiger partial charge in [0.2, 0.25) is 0 Å². The minimum absolute atomic E-state index is 0.284. The molecule has 24 heavy (non-hydrogen) atoms. The molecule has 0 N–H and O–H groups in total. The maximum atomic E-state index is 8.94. The van der Waals surface area contributed by atoms with Crippen LogP contribution in [0.5, 0.6) is 0 Å². The minimum atomic E-state index is -0.559. The molecule has 0 aromatic heterocycles. The van der Waals surface area contributed by atoms with E-state index in [1.165, 1.54) is 38.5 Å². The molecule has 0 aliphatic heterocycles. The summed E-state index contributed by atoms with van der Waals surface area (Å²) in [5.41, 5.74) is 1.15. The van der Waals surface area contributed by atoms with Crippen LogP contribution in [0.4, 0.5) is 0 Å².